The van der Waals surface area contributed by atoms with Crippen LogP contribution in [0.4, 0.5) is 0 Å². The normalized spacial score (nSPS) is 22.6. The molecule has 0 spiro atoms. The minimum atomic E-state index is -0.260. The van der Waals surface area contributed by atoms with Crippen molar-refractivity contribution in [3.05, 3.63) is 0 Å². The van der Waals surface area contributed by atoms with Crippen LogP contribution in [0.25, 0.3) is 0 Å². The van der Waals surface area contributed by atoms with Gasteiger partial charge in [0.2, 0.25) is 0 Å². The molecule has 2 aliphatic carbocycles. The van der Waals surface area contributed by atoms with Crippen molar-refractivity contribution >= 4 is 11.9 Å². The zero-order valence-electron chi connectivity index (χ0n) is 15.5. The summed E-state index contributed by atoms with van der Waals surface area (Å²) in [6, 6.07) is 0. The smallest absolute Gasteiger partial charge is 0.306 e. The summed E-state index contributed by atoms with van der Waals surface area (Å²) in [5.74, 6) is -0.237. The average molecular weight is 338 g/mol. The number of unbranched alkanes of at least 4 members (excludes halogenated alkanes) is 1. The lowest BCUT2D eigenvalue weighted by molar-refractivity contribution is -0.163. The number of rotatable bonds is 7. The molecule has 2 aliphatic rings. The lowest BCUT2D eigenvalue weighted by Gasteiger charge is -2.33. The zero-order valence-corrected chi connectivity index (χ0v) is 15.5. The first-order valence-electron chi connectivity index (χ1n) is 9.85. The van der Waals surface area contributed by atoms with E-state index in [2.05, 4.69) is 0 Å². The molecule has 0 amide bonds. The molecule has 4 nitrogen and oxygen atoms in total. The summed E-state index contributed by atoms with van der Waals surface area (Å²) in [5, 5.41) is 0. The Balaban J connectivity index is 1.58. The number of ether oxygens (including phenoxy) is 2. The Kier molecular flexibility index (Phi) is 7.12. The van der Waals surface area contributed by atoms with E-state index in [4.69, 9.17) is 9.47 Å². The highest BCUT2D eigenvalue weighted by Gasteiger charge is 2.31. The Bertz CT molecular complexity index is 377. The summed E-state index contributed by atoms with van der Waals surface area (Å²) in [5.41, 5.74) is -0.520. The molecule has 0 aromatic rings. The van der Waals surface area contributed by atoms with Crippen LogP contribution in [0.5, 0.6) is 0 Å². The molecular weight excluding hydrogens is 304 g/mol. The van der Waals surface area contributed by atoms with E-state index in [9.17, 15) is 9.59 Å². The van der Waals surface area contributed by atoms with E-state index in [1.54, 1.807) is 0 Å². The van der Waals surface area contributed by atoms with Crippen LogP contribution >= 0.6 is 0 Å². The molecule has 0 unspecified atom stereocenters. The van der Waals surface area contributed by atoms with Crippen LogP contribution < -0.4 is 0 Å². The third-order valence-electron chi connectivity index (χ3n) is 5.55. The number of hydrogen-bond donors (Lipinski definition) is 0. The molecule has 0 aromatic carbocycles. The van der Waals surface area contributed by atoms with Gasteiger partial charge in [0.15, 0.2) is 0 Å². The Morgan fingerprint density at radius 3 is 1.33 bits per heavy atom. The SMILES string of the molecule is CC1(OC(=O)CCCCC(=O)OC2(C)CCCCC2)CCCCC1. The molecule has 4 heteroatoms. The van der Waals surface area contributed by atoms with Crippen LogP contribution in [0.1, 0.15) is 104 Å². The van der Waals surface area contributed by atoms with Gasteiger partial charge in [-0.2, -0.15) is 0 Å². The maximum absolute atomic E-state index is 12.0. The van der Waals surface area contributed by atoms with Gasteiger partial charge in [-0.1, -0.05) is 12.8 Å². The summed E-state index contributed by atoms with van der Waals surface area (Å²) in [7, 11) is 0. The van der Waals surface area contributed by atoms with Crippen LogP contribution in [0.15, 0.2) is 0 Å². The fourth-order valence-electron chi connectivity index (χ4n) is 3.99. The average Bonchev–Trinajstić information content (AvgIpc) is 2.52. The van der Waals surface area contributed by atoms with Gasteiger partial charge in [0.25, 0.3) is 0 Å². The third-order valence-corrected chi connectivity index (χ3v) is 5.55. The fraction of sp³-hybridized carbons (Fsp3) is 0.900. The first-order valence-corrected chi connectivity index (χ1v) is 9.85. The van der Waals surface area contributed by atoms with Crippen molar-refractivity contribution in [1.82, 2.24) is 0 Å². The van der Waals surface area contributed by atoms with Crippen LogP contribution in [0, 0.1) is 0 Å². The summed E-state index contributed by atoms with van der Waals surface area (Å²) < 4.78 is 11.3. The van der Waals surface area contributed by atoms with Gasteiger partial charge in [-0.3, -0.25) is 9.59 Å². The maximum Gasteiger partial charge on any atom is 0.306 e. The molecule has 138 valence electrons. The zero-order chi connectivity index (χ0) is 17.5. The summed E-state index contributed by atoms with van der Waals surface area (Å²) >= 11 is 0. The second-order valence-electron chi connectivity index (χ2n) is 8.18. The second kappa shape index (κ2) is 8.87. The van der Waals surface area contributed by atoms with Gasteiger partial charge in [-0.25, -0.2) is 0 Å². The van der Waals surface area contributed by atoms with Gasteiger partial charge in [0.1, 0.15) is 11.2 Å². The fourth-order valence-corrected chi connectivity index (χ4v) is 3.99. The minimum Gasteiger partial charge on any atom is -0.459 e. The number of carbonyl (C=O) groups is 2. The van der Waals surface area contributed by atoms with E-state index < -0.39 is 0 Å². The number of carbonyl (C=O) groups excluding carboxylic acids is 2. The second-order valence-corrected chi connectivity index (χ2v) is 8.18. The Hall–Kier alpha value is -1.06. The number of hydrogen-bond acceptors (Lipinski definition) is 4. The highest BCUT2D eigenvalue weighted by atomic mass is 16.6. The monoisotopic (exact) mass is 338 g/mol. The minimum absolute atomic E-state index is 0.119. The molecule has 0 bridgehead atoms. The van der Waals surface area contributed by atoms with E-state index in [1.165, 1.54) is 12.8 Å². The molecule has 0 aromatic heterocycles. The third kappa shape index (κ3) is 6.45. The van der Waals surface area contributed by atoms with Crippen LogP contribution in [0.3, 0.4) is 0 Å². The number of esters is 2. The van der Waals surface area contributed by atoms with Gasteiger partial charge in [0, 0.05) is 12.8 Å². The van der Waals surface area contributed by atoms with Gasteiger partial charge in [0.05, 0.1) is 0 Å². The lowest BCUT2D eigenvalue weighted by atomic mass is 9.86. The van der Waals surface area contributed by atoms with Crippen molar-refractivity contribution in [2.24, 2.45) is 0 Å². The quantitative estimate of drug-likeness (QED) is 0.480. The van der Waals surface area contributed by atoms with E-state index in [1.807, 2.05) is 13.8 Å². The van der Waals surface area contributed by atoms with Crippen molar-refractivity contribution < 1.29 is 19.1 Å². The molecule has 2 rings (SSSR count). The highest BCUT2D eigenvalue weighted by molar-refractivity contribution is 5.71. The molecule has 0 saturated heterocycles. The highest BCUT2D eigenvalue weighted by Crippen LogP contribution is 2.32. The molecule has 24 heavy (non-hydrogen) atoms. The van der Waals surface area contributed by atoms with Gasteiger partial charge < -0.3 is 9.47 Å². The van der Waals surface area contributed by atoms with Crippen molar-refractivity contribution in [3.63, 3.8) is 0 Å². The van der Waals surface area contributed by atoms with Gasteiger partial charge in [-0.15, -0.1) is 0 Å². The molecular formula is C20H34O4. The standard InChI is InChI=1S/C20H34O4/c1-19(13-7-3-8-14-19)23-17(21)11-5-6-12-18(22)24-20(2)15-9-4-10-16-20/h3-16H2,1-2H3. The Morgan fingerprint density at radius 2 is 1.00 bits per heavy atom. The van der Waals surface area contributed by atoms with Gasteiger partial charge in [-0.05, 0) is 78.1 Å². The maximum atomic E-state index is 12.0. The van der Waals surface area contributed by atoms with Crippen molar-refractivity contribution in [1.29, 1.82) is 0 Å². The summed E-state index contributed by atoms with van der Waals surface area (Å²) in [4.78, 5) is 24.0. The van der Waals surface area contributed by atoms with E-state index in [0.29, 0.717) is 25.7 Å². The van der Waals surface area contributed by atoms with E-state index in [0.717, 1.165) is 51.4 Å². The molecule has 2 saturated carbocycles. The van der Waals surface area contributed by atoms with E-state index in [-0.39, 0.29) is 23.1 Å². The first kappa shape index (κ1) is 19.3. The summed E-state index contributed by atoms with van der Waals surface area (Å²) in [6.07, 6.45) is 13.2. The summed E-state index contributed by atoms with van der Waals surface area (Å²) in [6.45, 7) is 4.10. The van der Waals surface area contributed by atoms with Gasteiger partial charge >= 0.3 is 11.9 Å². The molecule has 0 heterocycles. The molecule has 0 N–H and O–H groups in total. The molecule has 0 radical (unpaired) electrons. The van der Waals surface area contributed by atoms with Crippen molar-refractivity contribution in [2.75, 3.05) is 0 Å². The largest absolute Gasteiger partial charge is 0.459 e. The van der Waals surface area contributed by atoms with E-state index >= 15 is 0 Å². The van der Waals surface area contributed by atoms with Crippen LogP contribution in [-0.2, 0) is 19.1 Å². The van der Waals surface area contributed by atoms with Crippen LogP contribution in [-0.4, -0.2) is 23.1 Å². The van der Waals surface area contributed by atoms with Crippen molar-refractivity contribution in [2.45, 2.75) is 115 Å². The molecule has 0 aliphatic heterocycles. The topological polar surface area (TPSA) is 52.6 Å². The Labute approximate surface area is 146 Å². The molecule has 2 fully saturated rings. The lowest BCUT2D eigenvalue weighted by Crippen LogP contribution is -2.34. The molecule has 0 atom stereocenters. The Morgan fingerprint density at radius 1 is 0.667 bits per heavy atom. The predicted molar refractivity (Wildman–Crippen MR) is 93.6 cm³/mol. The first-order chi connectivity index (χ1) is 11.4. The van der Waals surface area contributed by atoms with Crippen LogP contribution in [0.2, 0.25) is 0 Å². The van der Waals surface area contributed by atoms with Crippen molar-refractivity contribution in [3.8, 4) is 0 Å². The predicted octanol–water partition coefficient (Wildman–Crippen LogP) is 5.08.